The Hall–Kier alpha value is -5.94. The molecular formula is C36H52N12O6. The summed E-state index contributed by atoms with van der Waals surface area (Å²) in [7, 11) is 0. The lowest BCUT2D eigenvalue weighted by Crippen LogP contribution is -2.53. The number of urea groups is 2. The first kappa shape index (κ1) is 39.3. The van der Waals surface area contributed by atoms with E-state index in [9.17, 15) is 19.2 Å². The highest BCUT2D eigenvalue weighted by molar-refractivity contribution is 5.90. The average molecular weight is 749 g/mol. The number of nitrogens with zero attached hydrogens (tertiary/aromatic N) is 4. The predicted octanol–water partition coefficient (Wildman–Crippen LogP) is 3.02. The van der Waals surface area contributed by atoms with Crippen molar-refractivity contribution in [1.29, 1.82) is 10.8 Å². The number of guanidine groups is 2. The van der Waals surface area contributed by atoms with E-state index in [1.54, 1.807) is 43.9 Å². The molecule has 2 aromatic carbocycles. The Morgan fingerprint density at radius 2 is 0.870 bits per heavy atom. The minimum absolute atomic E-state index is 0.145. The Morgan fingerprint density at radius 1 is 0.556 bits per heavy atom. The van der Waals surface area contributed by atoms with Crippen LogP contribution in [0, 0.1) is 10.8 Å². The van der Waals surface area contributed by atoms with E-state index in [0.717, 1.165) is 24.0 Å². The summed E-state index contributed by atoms with van der Waals surface area (Å²) in [6.07, 6.45) is 3.07. The van der Waals surface area contributed by atoms with Crippen molar-refractivity contribution in [2.75, 3.05) is 63.0 Å². The second-order valence-corrected chi connectivity index (χ2v) is 13.6. The van der Waals surface area contributed by atoms with E-state index in [-0.39, 0.29) is 48.4 Å². The van der Waals surface area contributed by atoms with Crippen molar-refractivity contribution in [3.8, 4) is 0 Å². The van der Waals surface area contributed by atoms with Gasteiger partial charge >= 0.3 is 24.2 Å². The molecule has 6 amide bonds. The second-order valence-electron chi connectivity index (χ2n) is 13.6. The predicted molar refractivity (Wildman–Crippen MR) is 203 cm³/mol. The number of ether oxygens (including phenoxy) is 2. The Balaban J connectivity index is 0.933. The minimum atomic E-state index is -0.368. The summed E-state index contributed by atoms with van der Waals surface area (Å²) in [6.45, 7) is 3.86. The molecule has 18 heteroatoms. The van der Waals surface area contributed by atoms with Crippen LogP contribution in [0.2, 0.25) is 0 Å². The Labute approximate surface area is 314 Å². The number of carbonyl (C=O) groups excluding carboxylic acids is 4. The smallest absolute Gasteiger partial charge is 0.410 e. The molecule has 3 aliphatic rings. The fraction of sp³-hybridized carbons (Fsp3) is 0.500. The number of hydrogen-bond acceptors (Lipinski definition) is 8. The van der Waals surface area contributed by atoms with Crippen molar-refractivity contribution in [1.82, 2.24) is 30.2 Å². The number of piperazine rings is 2. The molecule has 0 spiro atoms. The number of amides is 6. The van der Waals surface area contributed by atoms with E-state index < -0.39 is 0 Å². The van der Waals surface area contributed by atoms with Gasteiger partial charge in [-0.05, 0) is 73.9 Å². The molecule has 18 nitrogen and oxygen atoms in total. The van der Waals surface area contributed by atoms with Crippen molar-refractivity contribution < 1.29 is 28.7 Å². The maximum Gasteiger partial charge on any atom is 0.410 e. The maximum absolute atomic E-state index is 13.0. The number of anilines is 2. The molecule has 1 saturated carbocycles. The lowest BCUT2D eigenvalue weighted by molar-refractivity contribution is 0.0196. The molecule has 0 aromatic heterocycles. The molecule has 0 unspecified atom stereocenters. The van der Waals surface area contributed by atoms with Crippen LogP contribution in [0.15, 0.2) is 48.5 Å². The van der Waals surface area contributed by atoms with E-state index in [0.29, 0.717) is 103 Å². The van der Waals surface area contributed by atoms with Crippen LogP contribution in [-0.4, -0.2) is 120 Å². The molecule has 5 rings (SSSR count). The van der Waals surface area contributed by atoms with Crippen molar-refractivity contribution in [2.45, 2.75) is 63.8 Å². The van der Waals surface area contributed by atoms with Crippen molar-refractivity contribution in [3.63, 3.8) is 0 Å². The van der Waals surface area contributed by atoms with Crippen LogP contribution in [-0.2, 0) is 22.6 Å². The van der Waals surface area contributed by atoms with Crippen LogP contribution >= 0.6 is 0 Å². The topological polar surface area (TPSA) is 248 Å². The standard InChI is InChI=1S/C36H52N12O6/c37-31(38)43-27-11-7-25(8-12-27)23-41-33(49)45-15-19-47(20-16-45)35(51)53-29-3-1-4-30(6-2-5-29)54-36(52)48-21-17-46(18-22-48)34(50)42-24-26-9-13-28(14-10-26)44-32(39)40/h7-14,29-30H,1-6,15-24H2,(H,41,49)(H,42,50)(H4,37,38,43)(H4,39,40,44)/t29-,30+. The highest BCUT2D eigenvalue weighted by Gasteiger charge is 2.30. The summed E-state index contributed by atoms with van der Waals surface area (Å²) < 4.78 is 11.8. The van der Waals surface area contributed by atoms with Crippen LogP contribution in [0.25, 0.3) is 0 Å². The largest absolute Gasteiger partial charge is 0.446 e. The van der Waals surface area contributed by atoms with Crippen molar-refractivity contribution in [3.05, 3.63) is 59.7 Å². The van der Waals surface area contributed by atoms with Crippen molar-refractivity contribution in [2.24, 2.45) is 11.5 Å². The van der Waals surface area contributed by atoms with Gasteiger partial charge in [0, 0.05) is 76.8 Å². The third kappa shape index (κ3) is 12.1. The molecule has 3 fully saturated rings. The van der Waals surface area contributed by atoms with Crippen LogP contribution < -0.4 is 32.7 Å². The number of nitrogens with one attached hydrogen (secondary N) is 6. The third-order valence-electron chi connectivity index (χ3n) is 9.64. The van der Waals surface area contributed by atoms with Gasteiger partial charge in [-0.25, -0.2) is 19.2 Å². The first-order valence-electron chi connectivity index (χ1n) is 18.4. The summed E-state index contributed by atoms with van der Waals surface area (Å²) in [6, 6.07) is 14.1. The lowest BCUT2D eigenvalue weighted by Gasteiger charge is -2.36. The lowest BCUT2D eigenvalue weighted by atomic mass is 9.96. The van der Waals surface area contributed by atoms with Gasteiger partial charge in [-0.1, -0.05) is 24.3 Å². The third-order valence-corrected chi connectivity index (χ3v) is 9.64. The van der Waals surface area contributed by atoms with Gasteiger partial charge < -0.3 is 61.8 Å². The van der Waals surface area contributed by atoms with Gasteiger partial charge in [-0.2, -0.15) is 0 Å². The summed E-state index contributed by atoms with van der Waals surface area (Å²) in [4.78, 5) is 58.1. The molecule has 2 aromatic rings. The first-order valence-corrected chi connectivity index (χ1v) is 18.4. The monoisotopic (exact) mass is 748 g/mol. The van der Waals surface area contributed by atoms with Gasteiger partial charge in [-0.3, -0.25) is 10.8 Å². The number of hydrogen-bond donors (Lipinski definition) is 8. The normalized spacial score (nSPS) is 19.0. The zero-order valence-electron chi connectivity index (χ0n) is 30.5. The van der Waals surface area contributed by atoms with Gasteiger partial charge in [-0.15, -0.1) is 0 Å². The van der Waals surface area contributed by atoms with E-state index in [2.05, 4.69) is 21.3 Å². The number of benzene rings is 2. The van der Waals surface area contributed by atoms with Crippen LogP contribution in [0.5, 0.6) is 0 Å². The van der Waals surface area contributed by atoms with Crippen LogP contribution in [0.1, 0.15) is 49.7 Å². The minimum Gasteiger partial charge on any atom is -0.446 e. The second kappa shape index (κ2) is 19.2. The Kier molecular flexibility index (Phi) is 14.0. The number of carbonyl (C=O) groups is 4. The fourth-order valence-corrected chi connectivity index (χ4v) is 6.59. The zero-order valence-corrected chi connectivity index (χ0v) is 30.5. The van der Waals surface area contributed by atoms with E-state index in [1.165, 1.54) is 0 Å². The number of rotatable bonds is 8. The fourth-order valence-electron chi connectivity index (χ4n) is 6.59. The summed E-state index contributed by atoms with van der Waals surface area (Å²) in [5.41, 5.74) is 13.9. The van der Waals surface area contributed by atoms with Gasteiger partial charge in [0.1, 0.15) is 12.2 Å². The molecule has 0 atom stereocenters. The quantitative estimate of drug-likeness (QED) is 0.145. The number of nitrogens with two attached hydrogens (primary N) is 2. The van der Waals surface area contributed by atoms with E-state index in [1.807, 2.05) is 24.3 Å². The molecular weight excluding hydrogens is 696 g/mol. The molecule has 1 aliphatic carbocycles. The summed E-state index contributed by atoms with van der Waals surface area (Å²) >= 11 is 0. The molecule has 2 saturated heterocycles. The highest BCUT2D eigenvalue weighted by Crippen LogP contribution is 2.24. The molecule has 2 heterocycles. The van der Waals surface area contributed by atoms with E-state index >= 15 is 0 Å². The van der Waals surface area contributed by atoms with Gasteiger partial charge in [0.05, 0.1) is 0 Å². The molecule has 0 bridgehead atoms. The SMILES string of the molecule is N=C(N)Nc1ccc(CNC(=O)N2CCN(C(=O)O[C@H]3CCC[C@@H](OC(=O)N4CCN(C(=O)NCc5ccc(NC(=N)N)cc5)CC4)CCC3)CC2)cc1. The Bertz CT molecular complexity index is 1480. The van der Waals surface area contributed by atoms with Gasteiger partial charge in [0.15, 0.2) is 11.9 Å². The molecule has 0 radical (unpaired) electrons. The molecule has 292 valence electrons. The Morgan fingerprint density at radius 3 is 1.19 bits per heavy atom. The van der Waals surface area contributed by atoms with Gasteiger partial charge in [0.25, 0.3) is 0 Å². The summed E-state index contributed by atoms with van der Waals surface area (Å²) in [5.74, 6) is -0.290. The summed E-state index contributed by atoms with van der Waals surface area (Å²) in [5, 5.41) is 25.8. The molecule has 2 aliphatic heterocycles. The zero-order chi connectivity index (χ0) is 38.5. The average Bonchev–Trinajstić information content (AvgIpc) is 3.15. The molecule has 54 heavy (non-hydrogen) atoms. The first-order chi connectivity index (χ1) is 26.0. The maximum atomic E-state index is 13.0. The van der Waals surface area contributed by atoms with Gasteiger partial charge in [0.2, 0.25) is 0 Å². The van der Waals surface area contributed by atoms with Crippen LogP contribution in [0.3, 0.4) is 0 Å². The van der Waals surface area contributed by atoms with Crippen LogP contribution in [0.4, 0.5) is 30.6 Å². The highest BCUT2D eigenvalue weighted by atomic mass is 16.6. The van der Waals surface area contributed by atoms with Crippen molar-refractivity contribution >= 4 is 47.5 Å². The molecule has 10 N–H and O–H groups in total. The van der Waals surface area contributed by atoms with E-state index in [4.69, 9.17) is 31.8 Å².